The van der Waals surface area contributed by atoms with Crippen LogP contribution in [0.25, 0.3) is 5.65 Å². The Kier molecular flexibility index (Phi) is 4.17. The number of anilines is 1. The minimum Gasteiger partial charge on any atom is -0.338 e. The molecule has 27 heavy (non-hydrogen) atoms. The number of fused-ring (bicyclic) bond motifs is 1. The lowest BCUT2D eigenvalue weighted by atomic mass is 10.1. The molecule has 2 aliphatic heterocycles. The van der Waals surface area contributed by atoms with Gasteiger partial charge in [0.25, 0.3) is 0 Å². The zero-order chi connectivity index (χ0) is 18.2. The quantitative estimate of drug-likeness (QED) is 0.650. The van der Waals surface area contributed by atoms with Crippen LogP contribution in [-0.4, -0.2) is 84.9 Å². The molecule has 0 saturated carbocycles. The molecule has 0 atom stereocenters. The largest absolute Gasteiger partial charge is 0.338 e. The fourth-order valence-electron chi connectivity index (χ4n) is 3.87. The Morgan fingerprint density at radius 3 is 2.56 bits per heavy atom. The summed E-state index contributed by atoms with van der Waals surface area (Å²) in [7, 11) is 0. The predicted molar refractivity (Wildman–Crippen MR) is 100 cm³/mol. The average molecular weight is 365 g/mol. The highest BCUT2D eigenvalue weighted by Gasteiger charge is 2.34. The van der Waals surface area contributed by atoms with Gasteiger partial charge in [0.05, 0.1) is 12.2 Å². The molecule has 0 radical (unpaired) electrons. The van der Waals surface area contributed by atoms with Crippen molar-refractivity contribution in [2.24, 2.45) is 0 Å². The van der Waals surface area contributed by atoms with Crippen molar-refractivity contribution in [1.29, 1.82) is 0 Å². The minimum atomic E-state index is 0.623. The molecule has 0 aromatic carbocycles. The number of hydrogen-bond acceptors (Lipinski definition) is 8. The van der Waals surface area contributed by atoms with E-state index in [1.54, 1.807) is 0 Å². The molecule has 140 valence electrons. The molecule has 2 aliphatic rings. The molecule has 0 N–H and O–H groups in total. The Morgan fingerprint density at radius 2 is 1.78 bits per heavy atom. The number of likely N-dealkylation sites (tertiary alicyclic amines) is 1. The monoisotopic (exact) mass is 365 g/mol. The van der Waals surface area contributed by atoms with Gasteiger partial charge in [-0.2, -0.15) is 9.61 Å². The van der Waals surface area contributed by atoms with Crippen molar-refractivity contribution in [1.82, 2.24) is 39.6 Å². The van der Waals surface area contributed by atoms with E-state index in [2.05, 4.69) is 40.0 Å². The van der Waals surface area contributed by atoms with Gasteiger partial charge in [-0.1, -0.05) is 0 Å². The molecule has 9 heteroatoms. The lowest BCUT2D eigenvalue weighted by Gasteiger charge is -2.48. The number of aromatic nitrogens is 6. The topological polar surface area (TPSA) is 78.6 Å². The lowest BCUT2D eigenvalue weighted by Crippen LogP contribution is -2.62. The summed E-state index contributed by atoms with van der Waals surface area (Å²) in [5.74, 6) is 1.76. The van der Waals surface area contributed by atoms with Gasteiger partial charge in [0.1, 0.15) is 0 Å². The molecule has 5 rings (SSSR count). The van der Waals surface area contributed by atoms with E-state index >= 15 is 0 Å². The van der Waals surface area contributed by atoms with E-state index in [1.807, 2.05) is 42.0 Å². The van der Waals surface area contributed by atoms with Gasteiger partial charge in [0.15, 0.2) is 11.5 Å². The van der Waals surface area contributed by atoms with Gasteiger partial charge in [0, 0.05) is 57.7 Å². The van der Waals surface area contributed by atoms with Gasteiger partial charge in [0.2, 0.25) is 5.95 Å². The third-order valence-electron chi connectivity index (χ3n) is 5.43. The van der Waals surface area contributed by atoms with Gasteiger partial charge in [-0.15, -0.1) is 10.2 Å². The average Bonchev–Trinajstić information content (AvgIpc) is 3.07. The van der Waals surface area contributed by atoms with Gasteiger partial charge >= 0.3 is 0 Å². The number of aryl methyl sites for hydroxylation is 1. The smallest absolute Gasteiger partial charge is 0.225 e. The molecule has 3 aromatic heterocycles. The van der Waals surface area contributed by atoms with Crippen molar-refractivity contribution in [3.05, 3.63) is 42.1 Å². The third kappa shape index (κ3) is 3.24. The van der Waals surface area contributed by atoms with Crippen LogP contribution >= 0.6 is 0 Å². The number of piperazine rings is 1. The Hall–Kier alpha value is -2.65. The first-order valence-corrected chi connectivity index (χ1v) is 9.42. The first-order valence-electron chi connectivity index (χ1n) is 9.42. The summed E-state index contributed by atoms with van der Waals surface area (Å²) < 4.78 is 1.86. The number of rotatable bonds is 4. The van der Waals surface area contributed by atoms with Crippen molar-refractivity contribution in [2.75, 3.05) is 44.2 Å². The molecule has 2 fully saturated rings. The summed E-state index contributed by atoms with van der Waals surface area (Å²) in [4.78, 5) is 16.0. The minimum absolute atomic E-state index is 0.623. The maximum atomic E-state index is 4.53. The van der Waals surface area contributed by atoms with Gasteiger partial charge in [-0.25, -0.2) is 9.97 Å². The van der Waals surface area contributed by atoms with E-state index in [0.29, 0.717) is 6.04 Å². The third-order valence-corrected chi connectivity index (χ3v) is 5.43. The van der Waals surface area contributed by atoms with Crippen molar-refractivity contribution in [3.63, 3.8) is 0 Å². The first kappa shape index (κ1) is 16.5. The van der Waals surface area contributed by atoms with Gasteiger partial charge in [-0.3, -0.25) is 9.80 Å². The molecule has 3 aromatic rings. The first-order chi connectivity index (χ1) is 13.3. The second kappa shape index (κ2) is 6.82. The summed E-state index contributed by atoms with van der Waals surface area (Å²) >= 11 is 0. The Morgan fingerprint density at radius 1 is 1.00 bits per heavy atom. The van der Waals surface area contributed by atoms with Crippen LogP contribution in [0.15, 0.2) is 30.6 Å². The van der Waals surface area contributed by atoms with Crippen LogP contribution in [-0.2, 0) is 6.54 Å². The zero-order valence-electron chi connectivity index (χ0n) is 15.4. The van der Waals surface area contributed by atoms with Crippen LogP contribution in [0.3, 0.4) is 0 Å². The maximum Gasteiger partial charge on any atom is 0.225 e. The van der Waals surface area contributed by atoms with Crippen LogP contribution in [0.4, 0.5) is 5.95 Å². The van der Waals surface area contributed by atoms with Crippen LogP contribution in [0, 0.1) is 6.92 Å². The molecule has 0 unspecified atom stereocenters. The maximum absolute atomic E-state index is 4.53. The summed E-state index contributed by atoms with van der Waals surface area (Å²) in [6.07, 6.45) is 3.62. The molecule has 2 saturated heterocycles. The van der Waals surface area contributed by atoms with Crippen molar-refractivity contribution >= 4 is 11.6 Å². The molecular formula is C18H23N9. The predicted octanol–water partition coefficient (Wildman–Crippen LogP) is 0.229. The summed E-state index contributed by atoms with van der Waals surface area (Å²) in [5, 5.41) is 13.1. The van der Waals surface area contributed by atoms with E-state index in [0.717, 1.165) is 68.9 Å². The van der Waals surface area contributed by atoms with Crippen LogP contribution in [0.5, 0.6) is 0 Å². The molecule has 9 nitrogen and oxygen atoms in total. The summed E-state index contributed by atoms with van der Waals surface area (Å²) in [5.41, 5.74) is 1.79. The van der Waals surface area contributed by atoms with Crippen molar-refractivity contribution in [2.45, 2.75) is 19.5 Å². The molecule has 0 amide bonds. The summed E-state index contributed by atoms with van der Waals surface area (Å²) in [6, 6.07) is 6.41. The normalized spacial score (nSPS) is 19.5. The van der Waals surface area contributed by atoms with Crippen molar-refractivity contribution < 1.29 is 0 Å². The second-order valence-corrected chi connectivity index (χ2v) is 7.28. The van der Waals surface area contributed by atoms with Crippen LogP contribution in [0.2, 0.25) is 0 Å². The SMILES string of the molecule is Cc1ccc2nnc(CN3CC(N4CCN(c5ncccn5)CC4)C3)n2n1. The Balaban J connectivity index is 1.14. The lowest BCUT2D eigenvalue weighted by molar-refractivity contribution is 0.0235. The van der Waals surface area contributed by atoms with E-state index in [4.69, 9.17) is 0 Å². The second-order valence-electron chi connectivity index (χ2n) is 7.28. The van der Waals surface area contributed by atoms with E-state index in [1.165, 1.54) is 0 Å². The molecular weight excluding hydrogens is 342 g/mol. The highest BCUT2D eigenvalue weighted by Crippen LogP contribution is 2.20. The van der Waals surface area contributed by atoms with Gasteiger partial charge < -0.3 is 4.90 Å². The van der Waals surface area contributed by atoms with E-state index in [9.17, 15) is 0 Å². The summed E-state index contributed by atoms with van der Waals surface area (Å²) in [6.45, 7) is 9.02. The van der Waals surface area contributed by atoms with E-state index < -0.39 is 0 Å². The zero-order valence-corrected chi connectivity index (χ0v) is 15.4. The molecule has 0 bridgehead atoms. The number of hydrogen-bond donors (Lipinski definition) is 0. The Bertz CT molecular complexity index is 911. The molecule has 0 aliphatic carbocycles. The fourth-order valence-corrected chi connectivity index (χ4v) is 3.87. The van der Waals surface area contributed by atoms with Crippen molar-refractivity contribution in [3.8, 4) is 0 Å². The van der Waals surface area contributed by atoms with E-state index in [-0.39, 0.29) is 0 Å². The number of nitrogens with zero attached hydrogens (tertiary/aromatic N) is 9. The van der Waals surface area contributed by atoms with Crippen LogP contribution < -0.4 is 4.90 Å². The molecule has 5 heterocycles. The fraction of sp³-hybridized carbons (Fsp3) is 0.500. The van der Waals surface area contributed by atoms with Gasteiger partial charge in [-0.05, 0) is 25.1 Å². The highest BCUT2D eigenvalue weighted by molar-refractivity contribution is 5.36. The molecule has 0 spiro atoms. The highest BCUT2D eigenvalue weighted by atomic mass is 15.4. The standard InChI is InChI=1S/C18H23N9/c1-14-3-4-16-21-22-17(27(16)23-14)13-24-11-15(12-24)25-7-9-26(10-8-25)18-19-5-2-6-20-18/h2-6,15H,7-13H2,1H3. The Labute approximate surface area is 157 Å². The van der Waals surface area contributed by atoms with Crippen LogP contribution in [0.1, 0.15) is 11.5 Å².